The number of carbonyl (C=O) groups is 1. The number of carbonyl (C=O) groups excluding carboxylic acids is 1. The zero-order valence-electron chi connectivity index (χ0n) is 22.7. The number of fused-ring (bicyclic) bond motifs is 1. The third-order valence-corrected chi connectivity index (χ3v) is 6.64. The number of amides is 1. The summed E-state index contributed by atoms with van der Waals surface area (Å²) in [4.78, 5) is 19.3. The number of hydrogen-bond acceptors (Lipinski definition) is 7. The molecule has 2 heterocycles. The van der Waals surface area contributed by atoms with Crippen LogP contribution in [-0.2, 0) is 26.2 Å². The highest BCUT2D eigenvalue weighted by molar-refractivity contribution is 5.91. The van der Waals surface area contributed by atoms with E-state index in [4.69, 9.17) is 18.6 Å². The smallest absolute Gasteiger partial charge is 0.273 e. The Hall–Kier alpha value is -5.15. The van der Waals surface area contributed by atoms with Crippen molar-refractivity contribution in [2.24, 2.45) is 0 Å². The minimum absolute atomic E-state index is 0.174. The molecule has 0 radical (unpaired) electrons. The van der Waals surface area contributed by atoms with Crippen LogP contribution >= 0.6 is 0 Å². The molecule has 5 aromatic rings. The number of halogens is 1. The van der Waals surface area contributed by atoms with Crippen molar-refractivity contribution < 1.29 is 27.8 Å². The van der Waals surface area contributed by atoms with Gasteiger partial charge in [0.25, 0.3) is 5.91 Å². The third-order valence-electron chi connectivity index (χ3n) is 6.64. The number of rotatable bonds is 11. The van der Waals surface area contributed by atoms with Crippen LogP contribution in [0, 0.1) is 5.82 Å². The Balaban J connectivity index is 1.16. The Labute approximate surface area is 242 Å². The molecule has 4 aromatic carbocycles. The standard InChI is InChI=1S/C33H28FN3O5/c34-26-12-9-23(10-13-26)17-35-33(38)29-21-39-32(36-29)20-37(19-25-11-14-30-31(16-25)41-22-40-30)18-24-5-4-8-28(15-24)42-27-6-2-1-3-7-27/h1-16,21H,17-20,22H2,(H,35,38). The number of benzene rings is 4. The van der Waals surface area contributed by atoms with E-state index in [-0.39, 0.29) is 30.8 Å². The van der Waals surface area contributed by atoms with Gasteiger partial charge in [-0.15, -0.1) is 0 Å². The predicted molar refractivity (Wildman–Crippen MR) is 153 cm³/mol. The van der Waals surface area contributed by atoms with Gasteiger partial charge in [-0.05, 0) is 65.2 Å². The van der Waals surface area contributed by atoms with E-state index < -0.39 is 0 Å². The van der Waals surface area contributed by atoms with Crippen LogP contribution in [0.5, 0.6) is 23.0 Å². The molecule has 0 aliphatic carbocycles. The van der Waals surface area contributed by atoms with Crippen molar-refractivity contribution in [2.75, 3.05) is 6.79 Å². The van der Waals surface area contributed by atoms with Crippen LogP contribution in [0.2, 0.25) is 0 Å². The Morgan fingerprint density at radius 3 is 2.38 bits per heavy atom. The van der Waals surface area contributed by atoms with Crippen molar-refractivity contribution in [3.63, 3.8) is 0 Å². The van der Waals surface area contributed by atoms with Gasteiger partial charge in [-0.25, -0.2) is 9.37 Å². The molecule has 1 amide bonds. The molecule has 8 nitrogen and oxygen atoms in total. The van der Waals surface area contributed by atoms with Crippen LogP contribution in [0.25, 0.3) is 0 Å². The molecule has 0 bridgehead atoms. The zero-order chi connectivity index (χ0) is 28.7. The fourth-order valence-electron chi connectivity index (χ4n) is 4.61. The summed E-state index contributed by atoms with van der Waals surface area (Å²) in [6.45, 7) is 1.94. The molecule has 1 aromatic heterocycles. The van der Waals surface area contributed by atoms with E-state index in [0.717, 1.165) is 33.9 Å². The number of nitrogens with one attached hydrogen (secondary N) is 1. The second-order valence-corrected chi connectivity index (χ2v) is 9.83. The van der Waals surface area contributed by atoms with Crippen LogP contribution in [0.1, 0.15) is 33.1 Å². The van der Waals surface area contributed by atoms with Crippen molar-refractivity contribution in [1.82, 2.24) is 15.2 Å². The summed E-state index contributed by atoms with van der Waals surface area (Å²) in [6.07, 6.45) is 1.35. The Morgan fingerprint density at radius 1 is 0.810 bits per heavy atom. The van der Waals surface area contributed by atoms with Crippen LogP contribution in [0.15, 0.2) is 108 Å². The average molecular weight is 566 g/mol. The molecule has 0 unspecified atom stereocenters. The highest BCUT2D eigenvalue weighted by Gasteiger charge is 2.18. The van der Waals surface area contributed by atoms with Gasteiger partial charge < -0.3 is 23.9 Å². The van der Waals surface area contributed by atoms with E-state index in [1.54, 1.807) is 12.1 Å². The highest BCUT2D eigenvalue weighted by atomic mass is 19.1. The monoisotopic (exact) mass is 565 g/mol. The van der Waals surface area contributed by atoms with Crippen LogP contribution in [0.4, 0.5) is 4.39 Å². The molecule has 212 valence electrons. The lowest BCUT2D eigenvalue weighted by molar-refractivity contribution is 0.0945. The largest absolute Gasteiger partial charge is 0.457 e. The fourth-order valence-corrected chi connectivity index (χ4v) is 4.61. The van der Waals surface area contributed by atoms with Crippen molar-refractivity contribution in [3.05, 3.63) is 137 Å². The van der Waals surface area contributed by atoms with E-state index in [0.29, 0.717) is 31.3 Å². The lowest BCUT2D eigenvalue weighted by atomic mass is 10.1. The first-order chi connectivity index (χ1) is 20.6. The first-order valence-corrected chi connectivity index (χ1v) is 13.5. The van der Waals surface area contributed by atoms with E-state index in [1.807, 2.05) is 72.8 Å². The number of aromatic nitrogens is 1. The number of oxazole rings is 1. The van der Waals surface area contributed by atoms with Gasteiger partial charge in [-0.2, -0.15) is 0 Å². The zero-order valence-corrected chi connectivity index (χ0v) is 22.7. The lowest BCUT2D eigenvalue weighted by Gasteiger charge is -2.21. The van der Waals surface area contributed by atoms with Crippen molar-refractivity contribution >= 4 is 5.91 Å². The molecule has 0 spiro atoms. The first kappa shape index (κ1) is 27.0. The molecule has 9 heteroatoms. The molecule has 1 aliphatic rings. The van der Waals surface area contributed by atoms with Gasteiger partial charge in [0.1, 0.15) is 23.6 Å². The normalized spacial score (nSPS) is 12.0. The van der Waals surface area contributed by atoms with E-state index >= 15 is 0 Å². The molecule has 6 rings (SSSR count). The highest BCUT2D eigenvalue weighted by Crippen LogP contribution is 2.33. The summed E-state index contributed by atoms with van der Waals surface area (Å²) >= 11 is 0. The van der Waals surface area contributed by atoms with Gasteiger partial charge in [0.05, 0.1) is 6.54 Å². The summed E-state index contributed by atoms with van der Waals surface area (Å²) in [5.74, 6) is 2.63. The van der Waals surface area contributed by atoms with Crippen LogP contribution in [0.3, 0.4) is 0 Å². The van der Waals surface area contributed by atoms with Gasteiger partial charge in [0.15, 0.2) is 17.2 Å². The van der Waals surface area contributed by atoms with E-state index in [1.165, 1.54) is 18.4 Å². The molecule has 1 aliphatic heterocycles. The van der Waals surface area contributed by atoms with Gasteiger partial charge in [0.2, 0.25) is 12.7 Å². The van der Waals surface area contributed by atoms with Gasteiger partial charge in [-0.3, -0.25) is 9.69 Å². The number of ether oxygens (including phenoxy) is 3. The second-order valence-electron chi connectivity index (χ2n) is 9.83. The maximum atomic E-state index is 13.2. The SMILES string of the molecule is O=C(NCc1ccc(F)cc1)c1coc(CN(Cc2cccc(Oc3ccccc3)c2)Cc2ccc3c(c2)OCO3)n1. The average Bonchev–Trinajstić information content (AvgIpc) is 3.67. The van der Waals surface area contributed by atoms with Crippen molar-refractivity contribution in [2.45, 2.75) is 26.2 Å². The van der Waals surface area contributed by atoms with Crippen LogP contribution in [-0.4, -0.2) is 22.6 Å². The predicted octanol–water partition coefficient (Wildman–Crippen LogP) is 6.47. The summed E-state index contributed by atoms with van der Waals surface area (Å²) in [7, 11) is 0. The molecule has 0 saturated carbocycles. The Kier molecular flexibility index (Phi) is 8.09. The maximum absolute atomic E-state index is 13.2. The minimum Gasteiger partial charge on any atom is -0.457 e. The number of para-hydroxylation sites is 1. The lowest BCUT2D eigenvalue weighted by Crippen LogP contribution is -2.24. The molecular formula is C33H28FN3O5. The first-order valence-electron chi connectivity index (χ1n) is 13.5. The molecule has 0 atom stereocenters. The topological polar surface area (TPSA) is 86.1 Å². The summed E-state index contributed by atoms with van der Waals surface area (Å²) in [5, 5.41) is 2.79. The molecule has 1 N–H and O–H groups in total. The minimum atomic E-state index is -0.373. The van der Waals surface area contributed by atoms with E-state index in [9.17, 15) is 9.18 Å². The Bertz CT molecular complexity index is 1660. The fraction of sp³-hybridized carbons (Fsp3) is 0.152. The second kappa shape index (κ2) is 12.6. The molecule has 0 fully saturated rings. The summed E-state index contributed by atoms with van der Waals surface area (Å²) in [5.41, 5.74) is 3.02. The van der Waals surface area contributed by atoms with Crippen molar-refractivity contribution in [1.29, 1.82) is 0 Å². The quantitative estimate of drug-likeness (QED) is 0.197. The Morgan fingerprint density at radius 2 is 1.55 bits per heavy atom. The number of hydrogen-bond donors (Lipinski definition) is 1. The molecular weight excluding hydrogens is 537 g/mol. The van der Waals surface area contributed by atoms with Gasteiger partial charge in [-0.1, -0.05) is 48.5 Å². The van der Waals surface area contributed by atoms with E-state index in [2.05, 4.69) is 15.2 Å². The van der Waals surface area contributed by atoms with Gasteiger partial charge >= 0.3 is 0 Å². The number of nitrogens with zero attached hydrogens (tertiary/aromatic N) is 2. The molecule has 42 heavy (non-hydrogen) atoms. The van der Waals surface area contributed by atoms with Crippen molar-refractivity contribution in [3.8, 4) is 23.0 Å². The van der Waals surface area contributed by atoms with Gasteiger partial charge in [0, 0.05) is 19.6 Å². The summed E-state index contributed by atoms with van der Waals surface area (Å²) in [6, 6.07) is 29.4. The maximum Gasteiger partial charge on any atom is 0.273 e. The van der Waals surface area contributed by atoms with Crippen LogP contribution < -0.4 is 19.5 Å². The summed E-state index contributed by atoms with van der Waals surface area (Å²) < 4.78 is 35.9. The third kappa shape index (κ3) is 6.94. The molecule has 0 saturated heterocycles.